The number of nitrogens with two attached hydrogens (primary N) is 1. The van der Waals surface area contributed by atoms with E-state index >= 15 is 0 Å². The van der Waals surface area contributed by atoms with Crippen LogP contribution >= 0.6 is 7.82 Å². The largest absolute Gasteiger partial charge is 0.472 e. The fourth-order valence-electron chi connectivity index (χ4n) is 3.72. The van der Waals surface area contributed by atoms with Gasteiger partial charge >= 0.3 is 7.82 Å². The van der Waals surface area contributed by atoms with Gasteiger partial charge in [-0.2, -0.15) is 0 Å². The lowest BCUT2D eigenvalue weighted by Crippen LogP contribution is -2.46. The Kier molecular flexibility index (Phi) is 24.8. The molecule has 4 unspecified atom stereocenters. The lowest BCUT2D eigenvalue weighted by Gasteiger charge is -2.23. The third-order valence-corrected chi connectivity index (χ3v) is 6.98. The van der Waals surface area contributed by atoms with Crippen molar-refractivity contribution >= 4 is 13.7 Å². The second-order valence-corrected chi connectivity index (χ2v) is 11.2. The zero-order valence-electron chi connectivity index (χ0n) is 24.2. The lowest BCUT2D eigenvalue weighted by molar-refractivity contribution is -0.124. The fourth-order valence-corrected chi connectivity index (χ4v) is 4.48. The Balaban J connectivity index is 4.78. The van der Waals surface area contributed by atoms with Gasteiger partial charge in [-0.25, -0.2) is 4.57 Å². The van der Waals surface area contributed by atoms with Crippen LogP contribution in [0, 0.1) is 0 Å². The summed E-state index contributed by atoms with van der Waals surface area (Å²) in [6.07, 6.45) is 22.8. The minimum absolute atomic E-state index is 0.0394. The maximum Gasteiger partial charge on any atom is 0.472 e. The van der Waals surface area contributed by atoms with Gasteiger partial charge in [-0.15, -0.1) is 0 Å². The Morgan fingerprint density at radius 3 is 2.08 bits per heavy atom. The molecule has 0 spiro atoms. The van der Waals surface area contributed by atoms with E-state index in [4.69, 9.17) is 14.8 Å². The summed E-state index contributed by atoms with van der Waals surface area (Å²) < 4.78 is 21.7. The van der Waals surface area contributed by atoms with Crippen molar-refractivity contribution in [3.63, 3.8) is 0 Å². The molecule has 0 saturated carbocycles. The third kappa shape index (κ3) is 24.2. The first-order valence-electron chi connectivity index (χ1n) is 14.7. The van der Waals surface area contributed by atoms with Crippen LogP contribution in [0.15, 0.2) is 36.5 Å². The van der Waals surface area contributed by atoms with Gasteiger partial charge in [0.05, 0.1) is 37.9 Å². The van der Waals surface area contributed by atoms with E-state index in [9.17, 15) is 24.5 Å². The second kappa shape index (κ2) is 25.6. The molecule has 0 fully saturated rings. The minimum atomic E-state index is -4.39. The van der Waals surface area contributed by atoms with Crippen LogP contribution in [-0.4, -0.2) is 59.0 Å². The first kappa shape index (κ1) is 37.7. The number of hydrogen-bond donors (Lipinski definition) is 5. The van der Waals surface area contributed by atoms with Crippen molar-refractivity contribution in [1.82, 2.24) is 5.32 Å². The molecule has 0 bridgehead atoms. The number of aliphatic hydroxyl groups is 2. The molecule has 0 radical (unpaired) electrons. The number of amides is 1. The van der Waals surface area contributed by atoms with Gasteiger partial charge in [0, 0.05) is 6.54 Å². The SMILES string of the molecule is CCCCCC/C=C\CC(O)CC(=O)NC(COP(=O)(O)OCCN)C(O)/C=C/CC/C=C/CCCCCC. The van der Waals surface area contributed by atoms with Crippen LogP contribution in [0.4, 0.5) is 0 Å². The van der Waals surface area contributed by atoms with E-state index in [2.05, 4.69) is 31.3 Å². The molecule has 0 saturated heterocycles. The van der Waals surface area contributed by atoms with Crippen molar-refractivity contribution in [1.29, 1.82) is 0 Å². The summed E-state index contributed by atoms with van der Waals surface area (Å²) in [6.45, 7) is 3.77. The third-order valence-electron chi connectivity index (χ3n) is 5.99. The van der Waals surface area contributed by atoms with Crippen molar-refractivity contribution < 1.29 is 33.5 Å². The van der Waals surface area contributed by atoms with Gasteiger partial charge in [0.15, 0.2) is 0 Å². The lowest BCUT2D eigenvalue weighted by atomic mass is 10.1. The summed E-state index contributed by atoms with van der Waals surface area (Å²) in [6, 6.07) is -1.01. The van der Waals surface area contributed by atoms with Crippen LogP contribution in [0.2, 0.25) is 0 Å². The molecule has 0 aromatic carbocycles. The Labute approximate surface area is 236 Å². The fraction of sp³-hybridized carbons (Fsp3) is 0.759. The standard InChI is InChI=1S/C29H55N2O7P/c1-3-5-7-9-11-12-13-15-17-19-21-28(33)27(25-38-39(35,36)37-23-22-30)31-29(34)24-26(32)20-18-16-14-10-8-6-4-2/h12-13,16,18-19,21,26-28,32-33H,3-11,14-15,17,20,22-25,30H2,1-2H3,(H,31,34)(H,35,36)/b13-12+,18-16-,21-19+. The van der Waals surface area contributed by atoms with Gasteiger partial charge in [0.2, 0.25) is 5.91 Å². The number of phosphoric acid groups is 1. The van der Waals surface area contributed by atoms with Crippen molar-refractivity contribution in [2.45, 2.75) is 122 Å². The molecule has 0 aliphatic heterocycles. The summed E-state index contributed by atoms with van der Waals surface area (Å²) in [4.78, 5) is 22.3. The molecule has 0 aliphatic rings. The average Bonchev–Trinajstić information content (AvgIpc) is 2.90. The number of nitrogens with one attached hydrogen (secondary N) is 1. The molecular weight excluding hydrogens is 519 g/mol. The van der Waals surface area contributed by atoms with E-state index in [0.29, 0.717) is 12.8 Å². The van der Waals surface area contributed by atoms with E-state index in [1.807, 2.05) is 12.2 Å². The Morgan fingerprint density at radius 2 is 1.46 bits per heavy atom. The van der Waals surface area contributed by atoms with Gasteiger partial charge in [-0.3, -0.25) is 13.8 Å². The number of carbonyl (C=O) groups is 1. The molecule has 10 heteroatoms. The van der Waals surface area contributed by atoms with Crippen LogP contribution in [0.25, 0.3) is 0 Å². The topological polar surface area (TPSA) is 151 Å². The van der Waals surface area contributed by atoms with Crippen LogP contribution in [-0.2, 0) is 18.4 Å². The number of rotatable bonds is 26. The van der Waals surface area contributed by atoms with E-state index < -0.39 is 38.6 Å². The Bertz CT molecular complexity index is 730. The van der Waals surface area contributed by atoms with E-state index in [1.165, 1.54) is 51.0 Å². The van der Waals surface area contributed by atoms with E-state index in [1.54, 1.807) is 6.08 Å². The molecule has 0 heterocycles. The van der Waals surface area contributed by atoms with Crippen molar-refractivity contribution in [3.05, 3.63) is 36.5 Å². The van der Waals surface area contributed by atoms with E-state index in [0.717, 1.165) is 25.7 Å². The Morgan fingerprint density at radius 1 is 0.872 bits per heavy atom. The molecule has 0 aromatic rings. The summed E-state index contributed by atoms with van der Waals surface area (Å²) in [7, 11) is -4.39. The number of allylic oxidation sites excluding steroid dienone is 4. The summed E-state index contributed by atoms with van der Waals surface area (Å²) in [5.41, 5.74) is 5.30. The maximum absolute atomic E-state index is 12.5. The molecule has 0 rings (SSSR count). The second-order valence-electron chi connectivity index (χ2n) is 9.79. The van der Waals surface area contributed by atoms with E-state index in [-0.39, 0.29) is 19.6 Å². The molecule has 6 N–H and O–H groups in total. The van der Waals surface area contributed by atoms with Crippen molar-refractivity contribution in [2.75, 3.05) is 19.8 Å². The van der Waals surface area contributed by atoms with Gasteiger partial charge in [-0.1, -0.05) is 88.8 Å². The predicted octanol–water partition coefficient (Wildman–Crippen LogP) is 5.46. The molecule has 4 atom stereocenters. The molecule has 1 amide bonds. The zero-order valence-corrected chi connectivity index (χ0v) is 25.1. The summed E-state index contributed by atoms with van der Waals surface area (Å²) in [5, 5.41) is 23.5. The number of carbonyl (C=O) groups excluding carboxylic acids is 1. The first-order valence-corrected chi connectivity index (χ1v) is 16.2. The smallest absolute Gasteiger partial charge is 0.392 e. The molecule has 0 aliphatic carbocycles. The number of aliphatic hydroxyl groups excluding tert-OH is 2. The summed E-state index contributed by atoms with van der Waals surface area (Å²) >= 11 is 0. The molecule has 0 aromatic heterocycles. The quantitative estimate of drug-likeness (QED) is 0.0519. The maximum atomic E-state index is 12.5. The predicted molar refractivity (Wildman–Crippen MR) is 158 cm³/mol. The van der Waals surface area contributed by atoms with Gasteiger partial charge < -0.3 is 26.2 Å². The van der Waals surface area contributed by atoms with Gasteiger partial charge in [-0.05, 0) is 44.9 Å². The first-order chi connectivity index (χ1) is 18.8. The van der Waals surface area contributed by atoms with Gasteiger partial charge in [0.1, 0.15) is 0 Å². The highest BCUT2D eigenvalue weighted by Crippen LogP contribution is 2.43. The van der Waals surface area contributed by atoms with Crippen LogP contribution in [0.5, 0.6) is 0 Å². The minimum Gasteiger partial charge on any atom is -0.392 e. The molecule has 39 heavy (non-hydrogen) atoms. The average molecular weight is 575 g/mol. The normalized spacial score (nSPS) is 16.2. The highest BCUT2D eigenvalue weighted by atomic mass is 31.2. The number of phosphoric ester groups is 1. The zero-order chi connectivity index (χ0) is 29.2. The monoisotopic (exact) mass is 574 g/mol. The molecule has 228 valence electrons. The molecular formula is C29H55N2O7P. The highest BCUT2D eigenvalue weighted by Gasteiger charge is 2.27. The van der Waals surface area contributed by atoms with Crippen LogP contribution in [0.1, 0.15) is 104 Å². The van der Waals surface area contributed by atoms with Gasteiger partial charge in [0.25, 0.3) is 0 Å². The van der Waals surface area contributed by atoms with Crippen molar-refractivity contribution in [2.24, 2.45) is 5.73 Å². The van der Waals surface area contributed by atoms with Crippen LogP contribution in [0.3, 0.4) is 0 Å². The number of hydrogen-bond acceptors (Lipinski definition) is 7. The summed E-state index contributed by atoms with van der Waals surface area (Å²) in [5.74, 6) is -0.499. The highest BCUT2D eigenvalue weighted by molar-refractivity contribution is 7.47. The van der Waals surface area contributed by atoms with Crippen LogP contribution < -0.4 is 11.1 Å². The molecule has 9 nitrogen and oxygen atoms in total. The number of unbranched alkanes of at least 4 members (excludes halogenated alkanes) is 9. The Hall–Kier alpha value is -1.32. The van der Waals surface area contributed by atoms with Crippen molar-refractivity contribution in [3.8, 4) is 0 Å².